The van der Waals surface area contributed by atoms with Crippen LogP contribution in [-0.2, 0) is 26.2 Å². The Morgan fingerprint density at radius 1 is 1.17 bits per heavy atom. The average molecular weight is 325 g/mol. The third-order valence-electron chi connectivity index (χ3n) is 4.02. The van der Waals surface area contributed by atoms with Gasteiger partial charge in [-0.25, -0.2) is 4.98 Å². The quantitative estimate of drug-likeness (QED) is 0.633. The second-order valence-corrected chi connectivity index (χ2v) is 5.75. The Kier molecular flexibility index (Phi) is 5.33. The predicted molar refractivity (Wildman–Crippen MR) is 92.6 cm³/mol. The summed E-state index contributed by atoms with van der Waals surface area (Å²) in [5.74, 6) is 1.84. The summed E-state index contributed by atoms with van der Waals surface area (Å²) in [6.45, 7) is 5.42. The topological polar surface area (TPSA) is 43.4 Å². The number of ether oxygens (including phenoxy) is 1. The summed E-state index contributed by atoms with van der Waals surface area (Å²) in [6.07, 6.45) is 5.53. The van der Waals surface area contributed by atoms with Crippen LogP contribution in [0.1, 0.15) is 23.9 Å². The maximum atomic E-state index is 5.53. The van der Waals surface area contributed by atoms with Gasteiger partial charge in [-0.2, -0.15) is 0 Å². The van der Waals surface area contributed by atoms with Gasteiger partial charge in [0.1, 0.15) is 11.5 Å². The van der Waals surface area contributed by atoms with Gasteiger partial charge in [0.2, 0.25) is 0 Å². The van der Waals surface area contributed by atoms with E-state index in [0.29, 0.717) is 0 Å². The van der Waals surface area contributed by atoms with Crippen LogP contribution in [0.15, 0.2) is 59.6 Å². The van der Waals surface area contributed by atoms with Crippen molar-refractivity contribution in [1.29, 1.82) is 0 Å². The van der Waals surface area contributed by atoms with Gasteiger partial charge < -0.3 is 13.7 Å². The molecule has 24 heavy (non-hydrogen) atoms. The molecule has 0 N–H and O–H groups in total. The molecule has 0 unspecified atom stereocenters. The van der Waals surface area contributed by atoms with E-state index in [1.54, 1.807) is 13.4 Å². The van der Waals surface area contributed by atoms with Crippen LogP contribution in [0.25, 0.3) is 0 Å². The maximum absolute atomic E-state index is 5.53. The zero-order chi connectivity index (χ0) is 16.8. The molecular formula is C19H23N3O2. The Labute approximate surface area is 142 Å². The number of furan rings is 1. The standard InChI is InChI=1S/C19H23N3O2/c1-3-22-15-20-11-17(22)13-21(14-19-8-5-9-24-19)12-16-6-4-7-18(10-16)23-2/h4-11,15H,3,12-14H2,1-2H3. The summed E-state index contributed by atoms with van der Waals surface area (Å²) in [5.41, 5.74) is 2.41. The highest BCUT2D eigenvalue weighted by Crippen LogP contribution is 2.18. The Bertz CT molecular complexity index is 750. The first-order valence-corrected chi connectivity index (χ1v) is 8.15. The van der Waals surface area contributed by atoms with E-state index in [1.807, 2.05) is 36.8 Å². The van der Waals surface area contributed by atoms with Gasteiger partial charge in [-0.05, 0) is 36.8 Å². The molecule has 1 aromatic carbocycles. The number of rotatable bonds is 8. The van der Waals surface area contributed by atoms with Crippen LogP contribution in [0.5, 0.6) is 5.75 Å². The van der Waals surface area contributed by atoms with E-state index in [1.165, 1.54) is 11.3 Å². The molecule has 2 aromatic heterocycles. The molecule has 0 aliphatic carbocycles. The minimum Gasteiger partial charge on any atom is -0.497 e. The second-order valence-electron chi connectivity index (χ2n) is 5.75. The fourth-order valence-corrected chi connectivity index (χ4v) is 2.81. The van der Waals surface area contributed by atoms with Gasteiger partial charge in [-0.1, -0.05) is 12.1 Å². The molecule has 0 amide bonds. The predicted octanol–water partition coefficient (Wildman–Crippen LogP) is 3.71. The van der Waals surface area contributed by atoms with Crippen molar-refractivity contribution >= 4 is 0 Å². The van der Waals surface area contributed by atoms with Crippen molar-refractivity contribution in [2.75, 3.05) is 7.11 Å². The molecular weight excluding hydrogens is 302 g/mol. The number of benzene rings is 1. The average Bonchev–Trinajstić information content (AvgIpc) is 3.26. The van der Waals surface area contributed by atoms with Crippen LogP contribution in [0, 0.1) is 0 Å². The zero-order valence-electron chi connectivity index (χ0n) is 14.2. The largest absolute Gasteiger partial charge is 0.497 e. The molecule has 0 radical (unpaired) electrons. The number of imidazole rings is 1. The Morgan fingerprint density at radius 3 is 2.83 bits per heavy atom. The number of hydrogen-bond donors (Lipinski definition) is 0. The van der Waals surface area contributed by atoms with Gasteiger partial charge in [0.15, 0.2) is 0 Å². The first kappa shape index (κ1) is 16.3. The molecule has 0 saturated carbocycles. The molecule has 0 aliphatic heterocycles. The number of methoxy groups -OCH3 is 1. The molecule has 5 heteroatoms. The molecule has 0 bridgehead atoms. The Hall–Kier alpha value is -2.53. The Morgan fingerprint density at radius 2 is 2.08 bits per heavy atom. The molecule has 0 spiro atoms. The van der Waals surface area contributed by atoms with E-state index in [4.69, 9.17) is 9.15 Å². The molecule has 0 saturated heterocycles. The van der Waals surface area contributed by atoms with E-state index in [2.05, 4.69) is 33.5 Å². The summed E-state index contributed by atoms with van der Waals surface area (Å²) in [6, 6.07) is 12.1. The lowest BCUT2D eigenvalue weighted by Crippen LogP contribution is -2.23. The van der Waals surface area contributed by atoms with Gasteiger partial charge >= 0.3 is 0 Å². The van der Waals surface area contributed by atoms with Gasteiger partial charge in [-0.3, -0.25) is 4.90 Å². The van der Waals surface area contributed by atoms with Gasteiger partial charge in [-0.15, -0.1) is 0 Å². The first-order chi connectivity index (χ1) is 11.8. The number of hydrogen-bond acceptors (Lipinski definition) is 4. The van der Waals surface area contributed by atoms with Crippen molar-refractivity contribution in [3.05, 3.63) is 72.2 Å². The van der Waals surface area contributed by atoms with Crippen molar-refractivity contribution < 1.29 is 9.15 Å². The van der Waals surface area contributed by atoms with E-state index < -0.39 is 0 Å². The minimum absolute atomic E-state index is 0.749. The molecule has 0 fully saturated rings. The molecule has 3 rings (SSSR count). The van der Waals surface area contributed by atoms with Crippen LogP contribution >= 0.6 is 0 Å². The normalized spacial score (nSPS) is 11.1. The lowest BCUT2D eigenvalue weighted by molar-refractivity contribution is 0.221. The molecule has 5 nitrogen and oxygen atoms in total. The lowest BCUT2D eigenvalue weighted by Gasteiger charge is -2.22. The van der Waals surface area contributed by atoms with Gasteiger partial charge in [0.05, 0.1) is 31.9 Å². The highest BCUT2D eigenvalue weighted by Gasteiger charge is 2.13. The second kappa shape index (κ2) is 7.84. The van der Waals surface area contributed by atoms with Crippen molar-refractivity contribution in [2.45, 2.75) is 33.1 Å². The summed E-state index contributed by atoms with van der Waals surface area (Å²) in [4.78, 5) is 6.61. The smallest absolute Gasteiger partial charge is 0.119 e. The highest BCUT2D eigenvalue weighted by molar-refractivity contribution is 5.28. The number of aromatic nitrogens is 2. The molecule has 3 aromatic rings. The molecule has 0 atom stereocenters. The first-order valence-electron chi connectivity index (χ1n) is 8.15. The summed E-state index contributed by atoms with van der Waals surface area (Å²) in [7, 11) is 1.69. The van der Waals surface area contributed by atoms with E-state index >= 15 is 0 Å². The Balaban J connectivity index is 1.78. The van der Waals surface area contributed by atoms with Crippen LogP contribution in [0.3, 0.4) is 0 Å². The van der Waals surface area contributed by atoms with Crippen molar-refractivity contribution in [2.24, 2.45) is 0 Å². The monoisotopic (exact) mass is 325 g/mol. The van der Waals surface area contributed by atoms with E-state index in [9.17, 15) is 0 Å². The summed E-state index contributed by atoms with van der Waals surface area (Å²) >= 11 is 0. The van der Waals surface area contributed by atoms with Crippen molar-refractivity contribution in [1.82, 2.24) is 14.5 Å². The van der Waals surface area contributed by atoms with Crippen LogP contribution < -0.4 is 4.74 Å². The summed E-state index contributed by atoms with van der Waals surface area (Å²) in [5, 5.41) is 0. The minimum atomic E-state index is 0.749. The number of nitrogens with zero attached hydrogens (tertiary/aromatic N) is 3. The summed E-state index contributed by atoms with van der Waals surface area (Å²) < 4.78 is 13.0. The SMILES string of the molecule is CCn1cncc1CN(Cc1cccc(OC)c1)Cc1ccco1. The van der Waals surface area contributed by atoms with Gasteiger partial charge in [0, 0.05) is 25.8 Å². The van der Waals surface area contributed by atoms with E-state index in [-0.39, 0.29) is 0 Å². The van der Waals surface area contributed by atoms with Crippen LogP contribution in [0.4, 0.5) is 0 Å². The van der Waals surface area contributed by atoms with Gasteiger partial charge in [0.25, 0.3) is 0 Å². The highest BCUT2D eigenvalue weighted by atomic mass is 16.5. The van der Waals surface area contributed by atoms with Crippen LogP contribution in [0.2, 0.25) is 0 Å². The lowest BCUT2D eigenvalue weighted by atomic mass is 10.2. The van der Waals surface area contributed by atoms with Crippen molar-refractivity contribution in [3.63, 3.8) is 0 Å². The van der Waals surface area contributed by atoms with E-state index in [0.717, 1.165) is 37.7 Å². The third-order valence-corrected chi connectivity index (χ3v) is 4.02. The zero-order valence-corrected chi connectivity index (χ0v) is 14.2. The maximum Gasteiger partial charge on any atom is 0.119 e. The fraction of sp³-hybridized carbons (Fsp3) is 0.316. The molecule has 126 valence electrons. The third kappa shape index (κ3) is 4.06. The van der Waals surface area contributed by atoms with Crippen LogP contribution in [-0.4, -0.2) is 21.6 Å². The fourth-order valence-electron chi connectivity index (χ4n) is 2.81. The molecule has 0 aliphatic rings. The molecule has 2 heterocycles. The van der Waals surface area contributed by atoms with Crippen molar-refractivity contribution in [3.8, 4) is 5.75 Å². The number of aryl methyl sites for hydroxylation is 1.